The number of nitrogens with zero attached hydrogens (tertiary/aromatic N) is 1. The zero-order chi connectivity index (χ0) is 21.9. The number of piperidine rings is 1. The van der Waals surface area contributed by atoms with Crippen molar-refractivity contribution in [1.29, 1.82) is 0 Å². The molecule has 1 fully saturated rings. The van der Waals surface area contributed by atoms with E-state index in [9.17, 15) is 14.7 Å². The van der Waals surface area contributed by atoms with Gasteiger partial charge in [-0.25, -0.2) is 0 Å². The third-order valence-corrected chi connectivity index (χ3v) is 5.37. The van der Waals surface area contributed by atoms with Crippen LogP contribution in [0, 0.1) is 0 Å². The molecule has 7 heteroatoms. The lowest BCUT2D eigenvalue weighted by molar-refractivity contribution is -0.117. The molecule has 1 saturated heterocycles. The smallest absolute Gasteiger partial charge is 0.225 e. The summed E-state index contributed by atoms with van der Waals surface area (Å²) in [7, 11) is 0. The number of amides is 2. The Balaban J connectivity index is 1.37. The Kier molecular flexibility index (Phi) is 8.87. The number of phenolic OH excluding ortho intramolecular Hbond substituents is 1. The quantitative estimate of drug-likeness (QED) is 0.439. The van der Waals surface area contributed by atoms with Crippen molar-refractivity contribution < 1.29 is 14.7 Å². The van der Waals surface area contributed by atoms with Gasteiger partial charge < -0.3 is 26.0 Å². The second kappa shape index (κ2) is 12.1. The highest BCUT2D eigenvalue weighted by Gasteiger charge is 2.12. The number of hydrogen-bond donors (Lipinski definition) is 4. The highest BCUT2D eigenvalue weighted by molar-refractivity contribution is 5.94. The summed E-state index contributed by atoms with van der Waals surface area (Å²) >= 11 is 0. The topological polar surface area (TPSA) is 93.7 Å². The average molecular weight is 425 g/mol. The summed E-state index contributed by atoms with van der Waals surface area (Å²) in [6.45, 7) is 3.94. The molecule has 0 aromatic heterocycles. The van der Waals surface area contributed by atoms with Gasteiger partial charge in [0.15, 0.2) is 0 Å². The summed E-state index contributed by atoms with van der Waals surface area (Å²) in [6.07, 6.45) is 4.49. The monoisotopic (exact) mass is 424 g/mol. The third-order valence-electron chi connectivity index (χ3n) is 5.37. The second-order valence-corrected chi connectivity index (χ2v) is 7.88. The van der Waals surface area contributed by atoms with Crippen LogP contribution in [0.3, 0.4) is 0 Å². The molecule has 0 radical (unpaired) electrons. The SMILES string of the molecule is O=C(CCNCc1ccccc1O)Nc1cccc(NC(=O)CCN2CCCCC2)c1. The fourth-order valence-corrected chi connectivity index (χ4v) is 3.65. The fraction of sp³-hybridized carbons (Fsp3) is 0.417. The second-order valence-electron chi connectivity index (χ2n) is 7.88. The zero-order valence-electron chi connectivity index (χ0n) is 17.9. The van der Waals surface area contributed by atoms with Crippen LogP contribution >= 0.6 is 0 Å². The van der Waals surface area contributed by atoms with Crippen LogP contribution in [0.2, 0.25) is 0 Å². The van der Waals surface area contributed by atoms with E-state index in [1.165, 1.54) is 19.3 Å². The van der Waals surface area contributed by atoms with Gasteiger partial charge in [-0.15, -0.1) is 0 Å². The molecule has 0 saturated carbocycles. The first kappa shape index (κ1) is 22.8. The summed E-state index contributed by atoms with van der Waals surface area (Å²) in [4.78, 5) is 26.8. The van der Waals surface area contributed by atoms with Gasteiger partial charge in [-0.2, -0.15) is 0 Å². The van der Waals surface area contributed by atoms with E-state index in [0.717, 1.165) is 25.2 Å². The van der Waals surface area contributed by atoms with Crippen LogP contribution in [-0.2, 0) is 16.1 Å². The van der Waals surface area contributed by atoms with E-state index in [1.54, 1.807) is 24.3 Å². The van der Waals surface area contributed by atoms with Gasteiger partial charge in [0.1, 0.15) is 5.75 Å². The number of aromatic hydroxyl groups is 1. The highest BCUT2D eigenvalue weighted by Crippen LogP contribution is 2.17. The van der Waals surface area contributed by atoms with E-state index >= 15 is 0 Å². The maximum atomic E-state index is 12.3. The summed E-state index contributed by atoms with van der Waals surface area (Å²) in [5, 5.41) is 18.7. The van der Waals surface area contributed by atoms with Crippen molar-refractivity contribution in [2.24, 2.45) is 0 Å². The van der Waals surface area contributed by atoms with Crippen LogP contribution in [0.15, 0.2) is 48.5 Å². The number of nitrogens with one attached hydrogen (secondary N) is 3. The fourth-order valence-electron chi connectivity index (χ4n) is 3.65. The van der Waals surface area contributed by atoms with Crippen LogP contribution in [0.1, 0.15) is 37.7 Å². The highest BCUT2D eigenvalue weighted by atomic mass is 16.3. The lowest BCUT2D eigenvalue weighted by Crippen LogP contribution is -2.32. The molecule has 0 aliphatic carbocycles. The molecule has 2 amide bonds. The lowest BCUT2D eigenvalue weighted by Gasteiger charge is -2.25. The molecule has 0 spiro atoms. The van der Waals surface area contributed by atoms with Crippen molar-refractivity contribution in [3.05, 3.63) is 54.1 Å². The van der Waals surface area contributed by atoms with Gasteiger partial charge in [-0.05, 0) is 50.2 Å². The molecular formula is C24H32N4O3. The van der Waals surface area contributed by atoms with Crippen LogP contribution in [0.5, 0.6) is 5.75 Å². The van der Waals surface area contributed by atoms with Crippen molar-refractivity contribution in [2.75, 3.05) is 36.8 Å². The number of para-hydroxylation sites is 1. The number of rotatable bonds is 10. The molecule has 2 aromatic rings. The van der Waals surface area contributed by atoms with Crippen molar-refractivity contribution in [1.82, 2.24) is 10.2 Å². The minimum atomic E-state index is -0.113. The van der Waals surface area contributed by atoms with Gasteiger partial charge in [0.2, 0.25) is 11.8 Å². The van der Waals surface area contributed by atoms with Crippen molar-refractivity contribution >= 4 is 23.2 Å². The normalized spacial score (nSPS) is 14.2. The molecule has 0 atom stereocenters. The van der Waals surface area contributed by atoms with Crippen molar-refractivity contribution in [3.8, 4) is 5.75 Å². The minimum absolute atomic E-state index is 0.0117. The maximum Gasteiger partial charge on any atom is 0.225 e. The Bertz CT molecular complexity index is 865. The standard InChI is InChI=1S/C24H32N4O3/c29-22-10-3-2-7-19(22)18-25-13-11-23(30)26-20-8-6-9-21(17-20)27-24(31)12-16-28-14-4-1-5-15-28/h2-3,6-10,17,25,29H,1,4-5,11-16,18H2,(H,26,30)(H,27,31). The molecule has 0 bridgehead atoms. The van der Waals surface area contributed by atoms with Gasteiger partial charge in [-0.3, -0.25) is 9.59 Å². The molecule has 166 valence electrons. The lowest BCUT2D eigenvalue weighted by atomic mass is 10.1. The number of benzene rings is 2. The molecule has 1 aliphatic rings. The van der Waals surface area contributed by atoms with E-state index < -0.39 is 0 Å². The predicted molar refractivity (Wildman–Crippen MR) is 123 cm³/mol. The van der Waals surface area contributed by atoms with Gasteiger partial charge >= 0.3 is 0 Å². The first-order valence-electron chi connectivity index (χ1n) is 11.0. The first-order valence-corrected chi connectivity index (χ1v) is 11.0. The molecule has 2 aromatic carbocycles. The number of carbonyl (C=O) groups is 2. The number of phenols is 1. The van der Waals surface area contributed by atoms with E-state index in [4.69, 9.17) is 0 Å². The maximum absolute atomic E-state index is 12.3. The Hall–Kier alpha value is -2.90. The summed E-state index contributed by atoms with van der Waals surface area (Å²) < 4.78 is 0. The van der Waals surface area contributed by atoms with Crippen LogP contribution in [-0.4, -0.2) is 48.0 Å². The Morgan fingerprint density at radius 2 is 1.55 bits per heavy atom. The van der Waals surface area contributed by atoms with E-state index in [0.29, 0.717) is 37.3 Å². The summed E-state index contributed by atoms with van der Waals surface area (Å²) in [6, 6.07) is 14.3. The first-order chi connectivity index (χ1) is 15.1. The van der Waals surface area contributed by atoms with Crippen molar-refractivity contribution in [2.45, 2.75) is 38.6 Å². The molecular weight excluding hydrogens is 392 g/mol. The zero-order valence-corrected chi connectivity index (χ0v) is 17.9. The minimum Gasteiger partial charge on any atom is -0.508 e. The summed E-state index contributed by atoms with van der Waals surface area (Å²) in [5.41, 5.74) is 2.13. The van der Waals surface area contributed by atoms with Crippen LogP contribution < -0.4 is 16.0 Å². The average Bonchev–Trinajstić information content (AvgIpc) is 2.77. The van der Waals surface area contributed by atoms with E-state index in [-0.39, 0.29) is 17.6 Å². The Labute approximate surface area is 183 Å². The van der Waals surface area contributed by atoms with Crippen LogP contribution in [0.25, 0.3) is 0 Å². The number of carbonyl (C=O) groups excluding carboxylic acids is 2. The van der Waals surface area contributed by atoms with E-state index in [1.807, 2.05) is 24.3 Å². The van der Waals surface area contributed by atoms with Gasteiger partial charge in [0.05, 0.1) is 0 Å². The van der Waals surface area contributed by atoms with Crippen LogP contribution in [0.4, 0.5) is 11.4 Å². The van der Waals surface area contributed by atoms with Gasteiger partial charge in [0, 0.05) is 49.4 Å². The van der Waals surface area contributed by atoms with Gasteiger partial charge in [0.25, 0.3) is 0 Å². The Morgan fingerprint density at radius 1 is 0.871 bits per heavy atom. The predicted octanol–water partition coefficient (Wildman–Crippen LogP) is 3.33. The molecule has 3 rings (SSSR count). The molecule has 31 heavy (non-hydrogen) atoms. The number of hydrogen-bond acceptors (Lipinski definition) is 5. The van der Waals surface area contributed by atoms with Crippen molar-refractivity contribution in [3.63, 3.8) is 0 Å². The molecule has 0 unspecified atom stereocenters. The largest absolute Gasteiger partial charge is 0.508 e. The molecule has 7 nitrogen and oxygen atoms in total. The van der Waals surface area contributed by atoms with Gasteiger partial charge in [-0.1, -0.05) is 30.7 Å². The number of likely N-dealkylation sites (tertiary alicyclic amines) is 1. The molecule has 1 heterocycles. The number of anilines is 2. The third kappa shape index (κ3) is 8.03. The molecule has 1 aliphatic heterocycles. The molecule has 4 N–H and O–H groups in total. The Morgan fingerprint density at radius 3 is 2.26 bits per heavy atom. The van der Waals surface area contributed by atoms with E-state index in [2.05, 4.69) is 20.9 Å². The summed E-state index contributed by atoms with van der Waals surface area (Å²) in [5.74, 6) is 0.120.